The SMILES string of the molecule is O=C1C=CC(=O)C(C2(Cc3ccc(C(F)(F)F)cc3)C(=O)N(c3ccccc3)N=C2c2ccccc2)=C1. The molecule has 37 heavy (non-hydrogen) atoms. The van der Waals surface area contributed by atoms with Gasteiger partial charge in [0.05, 0.1) is 17.0 Å². The Morgan fingerprint density at radius 2 is 1.41 bits per heavy atom. The van der Waals surface area contributed by atoms with E-state index in [1.54, 1.807) is 60.7 Å². The first-order valence-corrected chi connectivity index (χ1v) is 11.4. The predicted octanol–water partition coefficient (Wildman–Crippen LogP) is 5.32. The second-order valence-corrected chi connectivity index (χ2v) is 8.70. The number of halogens is 3. The molecule has 1 amide bonds. The standard InChI is InChI=1S/C29H19F3N2O3/c30-29(31,32)21-13-11-19(12-14-21)18-28(24-17-23(35)15-16-25(24)36)26(20-7-3-1-4-8-20)33-34(27(28)37)22-9-5-2-6-10-22/h1-17H,18H2. The summed E-state index contributed by atoms with van der Waals surface area (Å²) < 4.78 is 39.6. The number of alkyl halides is 3. The third-order valence-corrected chi connectivity index (χ3v) is 6.37. The Kier molecular flexibility index (Phi) is 5.95. The molecule has 0 radical (unpaired) electrons. The van der Waals surface area contributed by atoms with Crippen LogP contribution in [0.1, 0.15) is 16.7 Å². The minimum absolute atomic E-state index is 0.0778. The summed E-state index contributed by atoms with van der Waals surface area (Å²) in [6, 6.07) is 21.7. The highest BCUT2D eigenvalue weighted by atomic mass is 19.4. The van der Waals surface area contributed by atoms with Gasteiger partial charge in [0.15, 0.2) is 11.6 Å². The summed E-state index contributed by atoms with van der Waals surface area (Å²) in [5.41, 5.74) is -1.09. The Morgan fingerprint density at radius 1 is 0.784 bits per heavy atom. The Morgan fingerprint density at radius 3 is 2.03 bits per heavy atom. The molecule has 0 saturated heterocycles. The Labute approximate surface area is 210 Å². The van der Waals surface area contributed by atoms with Crippen molar-refractivity contribution in [1.82, 2.24) is 0 Å². The highest BCUT2D eigenvalue weighted by Gasteiger charge is 2.56. The number of anilines is 1. The van der Waals surface area contributed by atoms with Crippen molar-refractivity contribution in [2.45, 2.75) is 12.6 Å². The maximum Gasteiger partial charge on any atom is 0.416 e. The highest BCUT2D eigenvalue weighted by Crippen LogP contribution is 2.45. The second kappa shape index (κ2) is 9.13. The van der Waals surface area contributed by atoms with Gasteiger partial charge >= 0.3 is 6.18 Å². The molecule has 0 N–H and O–H groups in total. The molecule has 0 bridgehead atoms. The smallest absolute Gasteiger partial charge is 0.290 e. The minimum Gasteiger partial charge on any atom is -0.290 e. The topological polar surface area (TPSA) is 66.8 Å². The highest BCUT2D eigenvalue weighted by molar-refractivity contribution is 6.33. The Hall–Kier alpha value is -4.59. The number of ketones is 2. The van der Waals surface area contributed by atoms with Crippen LogP contribution in [0, 0.1) is 5.41 Å². The minimum atomic E-state index is -4.53. The van der Waals surface area contributed by atoms with Gasteiger partial charge < -0.3 is 0 Å². The molecule has 0 spiro atoms. The maximum absolute atomic E-state index is 14.3. The zero-order valence-electron chi connectivity index (χ0n) is 19.3. The molecule has 0 aromatic heterocycles. The van der Waals surface area contributed by atoms with E-state index in [4.69, 9.17) is 0 Å². The van der Waals surface area contributed by atoms with Crippen molar-refractivity contribution in [1.29, 1.82) is 0 Å². The van der Waals surface area contributed by atoms with Crippen LogP contribution in [0.4, 0.5) is 18.9 Å². The number of hydrazone groups is 1. The Balaban J connectivity index is 1.73. The quantitative estimate of drug-likeness (QED) is 0.446. The molecular weight excluding hydrogens is 481 g/mol. The molecule has 2 aliphatic rings. The van der Waals surface area contributed by atoms with E-state index in [0.717, 1.165) is 30.4 Å². The average molecular weight is 500 g/mol. The van der Waals surface area contributed by atoms with Crippen LogP contribution in [-0.2, 0) is 27.0 Å². The second-order valence-electron chi connectivity index (χ2n) is 8.70. The van der Waals surface area contributed by atoms with Crippen LogP contribution in [-0.4, -0.2) is 23.2 Å². The monoisotopic (exact) mass is 500 g/mol. The van der Waals surface area contributed by atoms with Crippen molar-refractivity contribution in [3.05, 3.63) is 125 Å². The fourth-order valence-corrected chi connectivity index (χ4v) is 4.61. The van der Waals surface area contributed by atoms with Crippen LogP contribution in [0.3, 0.4) is 0 Å². The molecule has 3 aromatic rings. The van der Waals surface area contributed by atoms with E-state index in [1.165, 1.54) is 17.1 Å². The van der Waals surface area contributed by atoms with E-state index < -0.39 is 34.6 Å². The fraction of sp³-hybridized carbons (Fsp3) is 0.103. The van der Waals surface area contributed by atoms with Crippen molar-refractivity contribution in [3.8, 4) is 0 Å². The van der Waals surface area contributed by atoms with Crippen molar-refractivity contribution in [2.24, 2.45) is 10.5 Å². The molecule has 1 heterocycles. The first kappa shape index (κ1) is 24.1. The van der Waals surface area contributed by atoms with Gasteiger partial charge in [-0.25, -0.2) is 0 Å². The number of para-hydroxylation sites is 1. The van der Waals surface area contributed by atoms with Gasteiger partial charge in [-0.05, 0) is 60.0 Å². The van der Waals surface area contributed by atoms with Gasteiger partial charge in [-0.2, -0.15) is 23.3 Å². The van der Waals surface area contributed by atoms with E-state index in [0.29, 0.717) is 16.8 Å². The van der Waals surface area contributed by atoms with Gasteiger partial charge in [0.2, 0.25) is 0 Å². The van der Waals surface area contributed by atoms with Gasteiger partial charge in [0, 0.05) is 5.57 Å². The third-order valence-electron chi connectivity index (χ3n) is 6.37. The Bertz CT molecular complexity index is 1470. The molecule has 1 atom stereocenters. The molecule has 0 saturated carbocycles. The van der Waals surface area contributed by atoms with Crippen molar-refractivity contribution < 1.29 is 27.6 Å². The number of carbonyl (C=O) groups is 3. The molecule has 1 aliphatic carbocycles. The van der Waals surface area contributed by atoms with E-state index >= 15 is 0 Å². The molecule has 5 rings (SSSR count). The molecule has 8 heteroatoms. The number of benzene rings is 3. The number of amides is 1. The number of rotatable bonds is 5. The zero-order valence-corrected chi connectivity index (χ0v) is 19.3. The summed E-state index contributed by atoms with van der Waals surface area (Å²) in [6.45, 7) is 0. The van der Waals surface area contributed by atoms with Crippen LogP contribution in [0.25, 0.3) is 0 Å². The van der Waals surface area contributed by atoms with Crippen LogP contribution in [0.15, 0.2) is 114 Å². The van der Waals surface area contributed by atoms with E-state index in [-0.39, 0.29) is 17.7 Å². The first-order valence-electron chi connectivity index (χ1n) is 11.4. The molecule has 0 fully saturated rings. The van der Waals surface area contributed by atoms with Gasteiger partial charge in [0.25, 0.3) is 5.91 Å². The largest absolute Gasteiger partial charge is 0.416 e. The van der Waals surface area contributed by atoms with E-state index in [1.807, 2.05) is 0 Å². The average Bonchev–Trinajstić information content (AvgIpc) is 3.19. The molecular formula is C29H19F3N2O3. The predicted molar refractivity (Wildman–Crippen MR) is 132 cm³/mol. The summed E-state index contributed by atoms with van der Waals surface area (Å²) in [4.78, 5) is 39.9. The first-order chi connectivity index (χ1) is 17.7. The lowest BCUT2D eigenvalue weighted by atomic mass is 9.67. The number of hydrogen-bond donors (Lipinski definition) is 0. The normalized spacial score (nSPS) is 19.8. The summed E-state index contributed by atoms with van der Waals surface area (Å²) in [5, 5.41) is 5.83. The molecule has 184 valence electrons. The molecule has 3 aromatic carbocycles. The van der Waals surface area contributed by atoms with E-state index in [2.05, 4.69) is 5.10 Å². The molecule has 1 unspecified atom stereocenters. The molecule has 1 aliphatic heterocycles. The van der Waals surface area contributed by atoms with Crippen LogP contribution in [0.2, 0.25) is 0 Å². The summed E-state index contributed by atoms with van der Waals surface area (Å²) in [6.07, 6.45) is -1.37. The van der Waals surface area contributed by atoms with Gasteiger partial charge in [-0.3, -0.25) is 14.4 Å². The van der Waals surface area contributed by atoms with Gasteiger partial charge in [0.1, 0.15) is 5.41 Å². The van der Waals surface area contributed by atoms with Crippen LogP contribution < -0.4 is 5.01 Å². The van der Waals surface area contributed by atoms with E-state index in [9.17, 15) is 27.6 Å². The molecule has 5 nitrogen and oxygen atoms in total. The van der Waals surface area contributed by atoms with Crippen LogP contribution in [0.5, 0.6) is 0 Å². The summed E-state index contributed by atoms with van der Waals surface area (Å²) in [5.74, 6) is -1.60. The lowest BCUT2D eigenvalue weighted by Gasteiger charge is -2.32. The number of allylic oxidation sites excluding steroid dienone is 3. The maximum atomic E-state index is 14.3. The third kappa shape index (κ3) is 4.31. The fourth-order valence-electron chi connectivity index (χ4n) is 4.61. The van der Waals surface area contributed by atoms with Crippen molar-refractivity contribution in [3.63, 3.8) is 0 Å². The number of carbonyl (C=O) groups excluding carboxylic acids is 3. The lowest BCUT2D eigenvalue weighted by Crippen LogP contribution is -2.46. The van der Waals surface area contributed by atoms with Crippen molar-refractivity contribution in [2.75, 3.05) is 5.01 Å². The number of hydrogen-bond acceptors (Lipinski definition) is 4. The summed E-state index contributed by atoms with van der Waals surface area (Å²) >= 11 is 0. The lowest BCUT2D eigenvalue weighted by molar-refractivity contribution is -0.137. The van der Waals surface area contributed by atoms with Gasteiger partial charge in [-0.15, -0.1) is 0 Å². The zero-order chi connectivity index (χ0) is 26.2. The van der Waals surface area contributed by atoms with Gasteiger partial charge in [-0.1, -0.05) is 60.7 Å². The number of nitrogens with zero attached hydrogens (tertiary/aromatic N) is 2. The summed E-state index contributed by atoms with van der Waals surface area (Å²) in [7, 11) is 0. The van der Waals surface area contributed by atoms with Crippen molar-refractivity contribution >= 4 is 28.9 Å². The van der Waals surface area contributed by atoms with Crippen LogP contribution >= 0.6 is 0 Å².